The molecule has 2 aromatic carbocycles. The molecule has 1 atom stereocenters. The molecule has 1 aliphatic rings. The fourth-order valence-electron chi connectivity index (χ4n) is 3.68. The van der Waals surface area contributed by atoms with Crippen molar-refractivity contribution in [1.29, 1.82) is 0 Å². The third kappa shape index (κ3) is 3.16. The van der Waals surface area contributed by atoms with Crippen LogP contribution in [0.15, 0.2) is 58.0 Å². The van der Waals surface area contributed by atoms with Gasteiger partial charge in [0.1, 0.15) is 0 Å². The molecule has 1 aliphatic carbocycles. The molecule has 4 rings (SSSR count). The third-order valence-corrected chi connectivity index (χ3v) is 7.04. The standard InChI is InChI=1S/C20H17BrN2O4S/c1-27-20-18-14(16(21)11-22-20)9-10-15(18)19(24)23-28(25,26)17-8-4-6-12-5-2-3-7-13(12)17/h2-8,11,15H,9-10H2,1H3,(H,23,24). The average Bonchev–Trinajstić information content (AvgIpc) is 3.14. The van der Waals surface area contributed by atoms with Crippen molar-refractivity contribution in [1.82, 2.24) is 9.71 Å². The van der Waals surface area contributed by atoms with Gasteiger partial charge < -0.3 is 4.74 Å². The molecule has 0 fully saturated rings. The molecule has 1 heterocycles. The van der Waals surface area contributed by atoms with Crippen LogP contribution < -0.4 is 9.46 Å². The minimum Gasteiger partial charge on any atom is -0.481 e. The Morgan fingerprint density at radius 2 is 1.96 bits per heavy atom. The van der Waals surface area contributed by atoms with E-state index in [1.807, 2.05) is 18.2 Å². The van der Waals surface area contributed by atoms with Crippen molar-refractivity contribution < 1.29 is 17.9 Å². The van der Waals surface area contributed by atoms with E-state index in [4.69, 9.17) is 4.74 Å². The zero-order chi connectivity index (χ0) is 19.9. The van der Waals surface area contributed by atoms with Crippen molar-refractivity contribution in [2.45, 2.75) is 23.7 Å². The summed E-state index contributed by atoms with van der Waals surface area (Å²) in [6, 6.07) is 12.2. The van der Waals surface area contributed by atoms with Gasteiger partial charge in [0.15, 0.2) is 0 Å². The normalized spacial score (nSPS) is 16.0. The van der Waals surface area contributed by atoms with Gasteiger partial charge in [0.05, 0.1) is 17.9 Å². The van der Waals surface area contributed by atoms with Gasteiger partial charge in [-0.25, -0.2) is 18.1 Å². The molecule has 0 spiro atoms. The first-order valence-electron chi connectivity index (χ1n) is 8.68. The third-order valence-electron chi connectivity index (χ3n) is 4.95. The summed E-state index contributed by atoms with van der Waals surface area (Å²) in [5.41, 5.74) is 1.57. The van der Waals surface area contributed by atoms with Crippen LogP contribution in [-0.4, -0.2) is 26.4 Å². The lowest BCUT2D eigenvalue weighted by atomic mass is 10.0. The highest BCUT2D eigenvalue weighted by Gasteiger charge is 2.36. The largest absolute Gasteiger partial charge is 0.481 e. The van der Waals surface area contributed by atoms with Crippen LogP contribution in [0.3, 0.4) is 0 Å². The highest BCUT2D eigenvalue weighted by molar-refractivity contribution is 9.10. The number of pyridine rings is 1. The van der Waals surface area contributed by atoms with Crippen LogP contribution in [0.4, 0.5) is 0 Å². The molecule has 1 unspecified atom stereocenters. The summed E-state index contributed by atoms with van der Waals surface area (Å²) in [5.74, 6) is -0.872. The van der Waals surface area contributed by atoms with Crippen molar-refractivity contribution in [3.05, 3.63) is 64.3 Å². The SMILES string of the molecule is COc1ncc(Br)c2c1C(C(=O)NS(=O)(=O)c1cccc3ccccc13)CC2. The summed E-state index contributed by atoms with van der Waals surface area (Å²) in [5, 5.41) is 1.36. The van der Waals surface area contributed by atoms with E-state index >= 15 is 0 Å². The van der Waals surface area contributed by atoms with Gasteiger partial charge in [0.2, 0.25) is 11.8 Å². The maximum Gasteiger partial charge on any atom is 0.264 e. The molecule has 1 amide bonds. The van der Waals surface area contributed by atoms with Gasteiger partial charge in [-0.2, -0.15) is 0 Å². The van der Waals surface area contributed by atoms with E-state index in [1.165, 1.54) is 13.2 Å². The second-order valence-corrected chi connectivity index (χ2v) is 9.05. The monoisotopic (exact) mass is 460 g/mol. The maximum atomic E-state index is 13.0. The van der Waals surface area contributed by atoms with E-state index < -0.39 is 21.8 Å². The van der Waals surface area contributed by atoms with Crippen LogP contribution in [0.25, 0.3) is 10.8 Å². The van der Waals surface area contributed by atoms with E-state index in [0.717, 1.165) is 15.4 Å². The van der Waals surface area contributed by atoms with Crippen molar-refractivity contribution >= 4 is 42.6 Å². The fraction of sp³-hybridized carbons (Fsp3) is 0.200. The van der Waals surface area contributed by atoms with Gasteiger partial charge in [-0.15, -0.1) is 0 Å². The van der Waals surface area contributed by atoms with Crippen molar-refractivity contribution in [3.63, 3.8) is 0 Å². The number of aromatic nitrogens is 1. The molecule has 28 heavy (non-hydrogen) atoms. The first-order valence-corrected chi connectivity index (χ1v) is 11.0. The molecular weight excluding hydrogens is 444 g/mol. The minimum atomic E-state index is -4.03. The molecule has 6 nitrogen and oxygen atoms in total. The average molecular weight is 461 g/mol. The first-order chi connectivity index (χ1) is 13.4. The summed E-state index contributed by atoms with van der Waals surface area (Å²) in [6.07, 6.45) is 2.76. The number of carbonyl (C=O) groups excluding carboxylic acids is 1. The summed E-state index contributed by atoms with van der Waals surface area (Å²) in [6.45, 7) is 0. The fourth-order valence-corrected chi connectivity index (χ4v) is 5.44. The zero-order valence-corrected chi connectivity index (χ0v) is 17.4. The molecular formula is C20H17BrN2O4S. The summed E-state index contributed by atoms with van der Waals surface area (Å²) >= 11 is 3.44. The molecule has 0 saturated heterocycles. The summed E-state index contributed by atoms with van der Waals surface area (Å²) < 4.78 is 34.3. The molecule has 3 aromatic rings. The van der Waals surface area contributed by atoms with Crippen molar-refractivity contribution in [2.24, 2.45) is 0 Å². The van der Waals surface area contributed by atoms with Crippen LogP contribution in [0.1, 0.15) is 23.5 Å². The zero-order valence-electron chi connectivity index (χ0n) is 15.0. The number of rotatable bonds is 4. The lowest BCUT2D eigenvalue weighted by Gasteiger charge is -2.16. The van der Waals surface area contributed by atoms with Crippen LogP contribution in [0.2, 0.25) is 0 Å². The number of halogens is 1. The second kappa shape index (κ2) is 7.18. The predicted octanol–water partition coefficient (Wildman–Crippen LogP) is 3.54. The van der Waals surface area contributed by atoms with Crippen LogP contribution >= 0.6 is 15.9 Å². The summed E-state index contributed by atoms with van der Waals surface area (Å²) in [7, 11) is -2.55. The molecule has 8 heteroatoms. The van der Waals surface area contributed by atoms with Gasteiger partial charge >= 0.3 is 0 Å². The van der Waals surface area contributed by atoms with Crippen molar-refractivity contribution in [2.75, 3.05) is 7.11 Å². The van der Waals surface area contributed by atoms with Crippen LogP contribution in [-0.2, 0) is 21.2 Å². The number of amides is 1. The Kier molecular flexibility index (Phi) is 4.84. The maximum absolute atomic E-state index is 13.0. The number of nitrogens with zero attached hydrogens (tertiary/aromatic N) is 1. The highest BCUT2D eigenvalue weighted by atomic mass is 79.9. The highest BCUT2D eigenvalue weighted by Crippen LogP contribution is 2.42. The number of sulfonamides is 1. The molecule has 1 N–H and O–H groups in total. The number of carbonyl (C=O) groups is 1. The molecule has 0 radical (unpaired) electrons. The Balaban J connectivity index is 1.70. The number of fused-ring (bicyclic) bond motifs is 2. The number of benzene rings is 2. The summed E-state index contributed by atoms with van der Waals surface area (Å²) in [4.78, 5) is 17.2. The molecule has 1 aromatic heterocycles. The topological polar surface area (TPSA) is 85.4 Å². The molecule has 144 valence electrons. The van der Waals surface area contributed by atoms with Gasteiger partial charge in [-0.05, 0) is 45.8 Å². The number of hydrogen-bond acceptors (Lipinski definition) is 5. The Morgan fingerprint density at radius 3 is 2.75 bits per heavy atom. The second-order valence-electron chi connectivity index (χ2n) is 6.55. The van der Waals surface area contributed by atoms with Gasteiger partial charge in [-0.3, -0.25) is 4.79 Å². The van der Waals surface area contributed by atoms with Crippen molar-refractivity contribution in [3.8, 4) is 5.88 Å². The predicted molar refractivity (Wildman–Crippen MR) is 109 cm³/mol. The van der Waals surface area contributed by atoms with Gasteiger partial charge in [-0.1, -0.05) is 36.4 Å². The number of ether oxygens (including phenoxy) is 1. The van der Waals surface area contributed by atoms with Crippen LogP contribution in [0, 0.1) is 0 Å². The van der Waals surface area contributed by atoms with Gasteiger partial charge in [0.25, 0.3) is 10.0 Å². The quantitative estimate of drug-likeness (QED) is 0.643. The van der Waals surface area contributed by atoms with Crippen LogP contribution in [0.5, 0.6) is 5.88 Å². The molecule has 0 bridgehead atoms. The Morgan fingerprint density at radius 1 is 1.21 bits per heavy atom. The Bertz CT molecular complexity index is 1190. The Labute approximate surface area is 171 Å². The Hall–Kier alpha value is -2.45. The van der Waals surface area contributed by atoms with E-state index in [9.17, 15) is 13.2 Å². The van der Waals surface area contributed by atoms with Gasteiger partial charge in [0, 0.05) is 21.6 Å². The minimum absolute atomic E-state index is 0.0801. The number of nitrogens with one attached hydrogen (secondary N) is 1. The first kappa shape index (κ1) is 18.9. The van der Waals surface area contributed by atoms with E-state index in [0.29, 0.717) is 29.7 Å². The van der Waals surface area contributed by atoms with E-state index in [-0.39, 0.29) is 4.90 Å². The number of methoxy groups -OCH3 is 1. The smallest absolute Gasteiger partial charge is 0.264 e. The lowest BCUT2D eigenvalue weighted by Crippen LogP contribution is -2.34. The molecule has 0 aliphatic heterocycles. The lowest BCUT2D eigenvalue weighted by molar-refractivity contribution is -0.120. The van der Waals surface area contributed by atoms with E-state index in [1.54, 1.807) is 24.4 Å². The number of hydrogen-bond donors (Lipinski definition) is 1. The van der Waals surface area contributed by atoms with E-state index in [2.05, 4.69) is 25.6 Å². The molecule has 0 saturated carbocycles.